The Hall–Kier alpha value is -2.56. The monoisotopic (exact) mass is 463 g/mol. The van der Waals surface area contributed by atoms with Crippen LogP contribution in [0.1, 0.15) is 24.2 Å². The Kier molecular flexibility index (Phi) is 7.81. The first-order chi connectivity index (χ1) is 15.2. The topological polar surface area (TPSA) is 94.6 Å². The number of amides is 2. The smallest absolute Gasteiger partial charge is 0.319 e. The van der Waals surface area contributed by atoms with Crippen LogP contribution in [-0.4, -0.2) is 67.9 Å². The van der Waals surface area contributed by atoms with Gasteiger partial charge in [0.2, 0.25) is 10.0 Å². The zero-order valence-electron chi connectivity index (χ0n) is 18.6. The number of carbonyl (C=O) groups excluding carboxylic acids is 1. The summed E-state index contributed by atoms with van der Waals surface area (Å²) in [4.78, 5) is 18.3. The van der Waals surface area contributed by atoms with Crippen LogP contribution in [0.3, 0.4) is 0 Å². The lowest BCUT2D eigenvalue weighted by Gasteiger charge is -2.36. The van der Waals surface area contributed by atoms with E-state index in [1.54, 1.807) is 0 Å². The Morgan fingerprint density at radius 2 is 1.81 bits per heavy atom. The molecule has 0 radical (unpaired) electrons. The van der Waals surface area contributed by atoms with Crippen LogP contribution in [0.15, 0.2) is 41.3 Å². The van der Waals surface area contributed by atoms with E-state index in [0.29, 0.717) is 44.7 Å². The molecule has 0 saturated carbocycles. The van der Waals surface area contributed by atoms with E-state index in [9.17, 15) is 17.6 Å². The molecule has 2 N–H and O–H groups in total. The van der Waals surface area contributed by atoms with Crippen molar-refractivity contribution in [3.05, 3.63) is 53.6 Å². The molecule has 8 nitrogen and oxygen atoms in total. The van der Waals surface area contributed by atoms with E-state index in [1.165, 1.54) is 29.6 Å². The maximum absolute atomic E-state index is 14.0. The van der Waals surface area contributed by atoms with Crippen LogP contribution in [0.2, 0.25) is 0 Å². The Morgan fingerprint density at radius 1 is 1.19 bits per heavy atom. The highest BCUT2D eigenvalue weighted by Gasteiger charge is 2.32. The van der Waals surface area contributed by atoms with Crippen molar-refractivity contribution in [2.45, 2.75) is 37.6 Å². The van der Waals surface area contributed by atoms with Gasteiger partial charge in [-0.1, -0.05) is 12.1 Å². The number of piperidine rings is 1. The maximum Gasteiger partial charge on any atom is 0.319 e. The van der Waals surface area contributed by atoms with E-state index in [-0.39, 0.29) is 17.0 Å². The molecule has 0 bridgehead atoms. The minimum absolute atomic E-state index is 0.190. The molecule has 10 heteroatoms. The SMILES string of the molecule is Cc1cc(NC(=O)NCCN2CCC(N(C)S(=O)(=O)c3ccccc3F)CC2)cc(C)n1. The van der Waals surface area contributed by atoms with Crippen molar-refractivity contribution < 1.29 is 17.6 Å². The number of aryl methyl sites for hydroxylation is 2. The van der Waals surface area contributed by atoms with E-state index in [2.05, 4.69) is 20.5 Å². The Bertz CT molecular complexity index is 1040. The number of halogens is 1. The maximum atomic E-state index is 14.0. The van der Waals surface area contributed by atoms with Crippen LogP contribution < -0.4 is 10.6 Å². The van der Waals surface area contributed by atoms with Gasteiger partial charge in [-0.15, -0.1) is 0 Å². The van der Waals surface area contributed by atoms with Gasteiger partial charge in [0.25, 0.3) is 0 Å². The van der Waals surface area contributed by atoms with Gasteiger partial charge in [0.15, 0.2) is 0 Å². The summed E-state index contributed by atoms with van der Waals surface area (Å²) in [6.45, 7) is 6.29. The first kappa shape index (κ1) is 24.1. The number of benzene rings is 1. The fraction of sp³-hybridized carbons (Fsp3) is 0.455. The molecule has 174 valence electrons. The highest BCUT2D eigenvalue weighted by Crippen LogP contribution is 2.24. The number of hydrogen-bond donors (Lipinski definition) is 2. The number of nitrogens with zero attached hydrogens (tertiary/aromatic N) is 3. The number of nitrogens with one attached hydrogen (secondary N) is 2. The van der Waals surface area contributed by atoms with Gasteiger partial charge < -0.3 is 15.5 Å². The number of anilines is 1. The summed E-state index contributed by atoms with van der Waals surface area (Å²) in [5.41, 5.74) is 2.38. The quantitative estimate of drug-likeness (QED) is 0.659. The largest absolute Gasteiger partial charge is 0.337 e. The Labute approximate surface area is 188 Å². The van der Waals surface area contributed by atoms with E-state index in [4.69, 9.17) is 0 Å². The number of carbonyl (C=O) groups is 1. The molecule has 1 aromatic carbocycles. The molecule has 1 saturated heterocycles. The molecular weight excluding hydrogens is 433 g/mol. The fourth-order valence-electron chi connectivity index (χ4n) is 3.92. The molecule has 0 unspecified atom stereocenters. The lowest BCUT2D eigenvalue weighted by Crippen LogP contribution is -2.47. The minimum atomic E-state index is -3.88. The van der Waals surface area contributed by atoms with Crippen molar-refractivity contribution in [2.24, 2.45) is 0 Å². The molecular formula is C22H30FN5O3S. The molecule has 32 heavy (non-hydrogen) atoms. The van der Waals surface area contributed by atoms with Crippen LogP contribution in [0.4, 0.5) is 14.9 Å². The van der Waals surface area contributed by atoms with E-state index >= 15 is 0 Å². The van der Waals surface area contributed by atoms with E-state index in [1.807, 2.05) is 26.0 Å². The molecule has 0 spiro atoms. The number of likely N-dealkylation sites (tertiary alicyclic amines) is 1. The molecule has 2 heterocycles. The van der Waals surface area contributed by atoms with Crippen molar-refractivity contribution in [3.63, 3.8) is 0 Å². The number of aromatic nitrogens is 1. The summed E-state index contributed by atoms with van der Waals surface area (Å²) in [7, 11) is -2.37. The van der Waals surface area contributed by atoms with Crippen molar-refractivity contribution in [1.82, 2.24) is 19.5 Å². The Balaban J connectivity index is 1.44. The standard InChI is InChI=1S/C22H30FN5O3S/c1-16-14-18(15-17(2)25-16)26-22(29)24-10-13-28-11-8-19(9-12-28)27(3)32(30,31)21-7-5-4-6-20(21)23/h4-7,14-15,19H,8-13H2,1-3H3,(H2,24,25,26,29). The van der Waals surface area contributed by atoms with Crippen molar-refractivity contribution in [3.8, 4) is 0 Å². The van der Waals surface area contributed by atoms with Gasteiger partial charge in [0.1, 0.15) is 10.7 Å². The lowest BCUT2D eigenvalue weighted by molar-refractivity contribution is 0.170. The molecule has 1 aliphatic rings. The summed E-state index contributed by atoms with van der Waals surface area (Å²) in [6.07, 6.45) is 1.29. The molecule has 1 aliphatic heterocycles. The van der Waals surface area contributed by atoms with Gasteiger partial charge in [-0.2, -0.15) is 4.31 Å². The van der Waals surface area contributed by atoms with E-state index < -0.39 is 15.8 Å². The summed E-state index contributed by atoms with van der Waals surface area (Å²) < 4.78 is 40.9. The number of pyridine rings is 1. The zero-order valence-corrected chi connectivity index (χ0v) is 19.5. The molecule has 2 aromatic rings. The number of hydrogen-bond acceptors (Lipinski definition) is 5. The van der Waals surface area contributed by atoms with Crippen LogP contribution in [0.5, 0.6) is 0 Å². The van der Waals surface area contributed by atoms with E-state index in [0.717, 1.165) is 17.5 Å². The third-order valence-corrected chi connectivity index (χ3v) is 7.56. The number of sulfonamides is 1. The normalized spacial score (nSPS) is 15.7. The summed E-state index contributed by atoms with van der Waals surface area (Å²) in [5.74, 6) is -0.738. The van der Waals surface area contributed by atoms with Gasteiger partial charge in [-0.05, 0) is 64.0 Å². The van der Waals surface area contributed by atoms with Crippen molar-refractivity contribution in [2.75, 3.05) is 38.5 Å². The van der Waals surface area contributed by atoms with Gasteiger partial charge in [-0.25, -0.2) is 17.6 Å². The average molecular weight is 464 g/mol. The van der Waals surface area contributed by atoms with Crippen molar-refractivity contribution >= 4 is 21.7 Å². The second kappa shape index (κ2) is 10.4. The predicted octanol–water partition coefficient (Wildman–Crippen LogP) is 2.74. The second-order valence-electron chi connectivity index (χ2n) is 8.04. The van der Waals surface area contributed by atoms with Gasteiger partial charge in [0, 0.05) is 43.3 Å². The van der Waals surface area contributed by atoms with Crippen LogP contribution >= 0.6 is 0 Å². The molecule has 0 aliphatic carbocycles. The molecule has 0 atom stereocenters. The Morgan fingerprint density at radius 3 is 2.44 bits per heavy atom. The number of rotatable bonds is 7. The predicted molar refractivity (Wildman–Crippen MR) is 122 cm³/mol. The zero-order chi connectivity index (χ0) is 23.3. The van der Waals surface area contributed by atoms with Crippen LogP contribution in [0, 0.1) is 19.7 Å². The third-order valence-electron chi connectivity index (χ3n) is 5.62. The first-order valence-corrected chi connectivity index (χ1v) is 12.1. The molecule has 1 fully saturated rings. The molecule has 2 amide bonds. The molecule has 1 aromatic heterocycles. The van der Waals surface area contributed by atoms with Crippen molar-refractivity contribution in [1.29, 1.82) is 0 Å². The summed E-state index contributed by atoms with van der Waals surface area (Å²) in [5, 5.41) is 5.65. The average Bonchev–Trinajstić information content (AvgIpc) is 2.73. The summed E-state index contributed by atoms with van der Waals surface area (Å²) >= 11 is 0. The van der Waals surface area contributed by atoms with Crippen LogP contribution in [-0.2, 0) is 10.0 Å². The van der Waals surface area contributed by atoms with Gasteiger partial charge in [-0.3, -0.25) is 4.98 Å². The first-order valence-electron chi connectivity index (χ1n) is 10.6. The van der Waals surface area contributed by atoms with Crippen LogP contribution in [0.25, 0.3) is 0 Å². The lowest BCUT2D eigenvalue weighted by atomic mass is 10.1. The highest BCUT2D eigenvalue weighted by molar-refractivity contribution is 7.89. The van der Waals surface area contributed by atoms with Gasteiger partial charge >= 0.3 is 6.03 Å². The highest BCUT2D eigenvalue weighted by atomic mass is 32.2. The third kappa shape index (κ3) is 6.02. The van der Waals surface area contributed by atoms with Gasteiger partial charge in [0.05, 0.1) is 0 Å². The molecule has 3 rings (SSSR count). The summed E-state index contributed by atoms with van der Waals surface area (Å²) in [6, 6.07) is 8.59. The second-order valence-corrected chi connectivity index (χ2v) is 10.0. The minimum Gasteiger partial charge on any atom is -0.337 e. The number of urea groups is 1. The fourth-order valence-corrected chi connectivity index (χ4v) is 5.40.